The Kier molecular flexibility index (Phi) is 4.60. The topological polar surface area (TPSA) is 53.4 Å². The van der Waals surface area contributed by atoms with Crippen LogP contribution in [0, 0.1) is 0 Å². The molecule has 0 bridgehead atoms. The minimum absolute atomic E-state index is 0.296. The molecule has 0 amide bonds. The molecule has 0 unspecified atom stereocenters. The summed E-state index contributed by atoms with van der Waals surface area (Å²) in [6.07, 6.45) is 0. The molecule has 0 aliphatic rings. The van der Waals surface area contributed by atoms with E-state index in [0.29, 0.717) is 22.2 Å². The number of anilines is 1. The first-order valence-corrected chi connectivity index (χ1v) is 8.39. The standard InChI is InChI=1S/C14H17ClN2O2S2/c1-14(2,3)11-10(12(18)19)21-13(16-11)17(4)7-8-5-6-9(15)20-8/h5-6H,7H2,1-4H3,(H,18,19). The molecule has 0 aliphatic heterocycles. The maximum atomic E-state index is 11.4. The normalized spacial score (nSPS) is 11.7. The molecule has 0 atom stereocenters. The van der Waals surface area contributed by atoms with Crippen LogP contribution in [0.15, 0.2) is 12.1 Å². The summed E-state index contributed by atoms with van der Waals surface area (Å²) < 4.78 is 0.749. The lowest BCUT2D eigenvalue weighted by molar-refractivity contribution is 0.0699. The summed E-state index contributed by atoms with van der Waals surface area (Å²) in [6.45, 7) is 6.57. The first-order chi connectivity index (χ1) is 9.68. The van der Waals surface area contributed by atoms with Crippen molar-refractivity contribution in [3.8, 4) is 0 Å². The van der Waals surface area contributed by atoms with E-state index >= 15 is 0 Å². The summed E-state index contributed by atoms with van der Waals surface area (Å²) in [5.41, 5.74) is 0.335. The number of carboxylic acids is 1. The molecule has 2 aromatic rings. The molecule has 0 aromatic carbocycles. The third kappa shape index (κ3) is 3.75. The van der Waals surface area contributed by atoms with Gasteiger partial charge in [0.2, 0.25) is 0 Å². The second kappa shape index (κ2) is 5.94. The minimum Gasteiger partial charge on any atom is -0.477 e. The van der Waals surface area contributed by atoms with Gasteiger partial charge in [-0.25, -0.2) is 9.78 Å². The summed E-state index contributed by atoms with van der Waals surface area (Å²) in [6, 6.07) is 3.83. The monoisotopic (exact) mass is 344 g/mol. The average Bonchev–Trinajstić information content (AvgIpc) is 2.94. The van der Waals surface area contributed by atoms with Gasteiger partial charge in [0.1, 0.15) is 4.88 Å². The molecule has 0 aliphatic carbocycles. The fourth-order valence-electron chi connectivity index (χ4n) is 1.86. The van der Waals surface area contributed by atoms with Crippen LogP contribution in [-0.4, -0.2) is 23.1 Å². The van der Waals surface area contributed by atoms with Gasteiger partial charge in [0.25, 0.3) is 0 Å². The van der Waals surface area contributed by atoms with Crippen molar-refractivity contribution in [1.29, 1.82) is 0 Å². The molecule has 2 aromatic heterocycles. The summed E-state index contributed by atoms with van der Waals surface area (Å²) in [5, 5.41) is 10.1. The molecule has 0 saturated heterocycles. The van der Waals surface area contributed by atoms with Crippen molar-refractivity contribution in [1.82, 2.24) is 4.98 Å². The predicted octanol–water partition coefficient (Wildman–Crippen LogP) is 4.49. The van der Waals surface area contributed by atoms with Gasteiger partial charge in [-0.05, 0) is 12.1 Å². The maximum Gasteiger partial charge on any atom is 0.347 e. The minimum atomic E-state index is -0.920. The van der Waals surface area contributed by atoms with Crippen LogP contribution in [0.1, 0.15) is 41.0 Å². The number of carbonyl (C=O) groups is 1. The number of rotatable bonds is 4. The highest BCUT2D eigenvalue weighted by molar-refractivity contribution is 7.17. The molecule has 2 heterocycles. The van der Waals surface area contributed by atoms with Crippen LogP contribution in [0.4, 0.5) is 5.13 Å². The van der Waals surface area contributed by atoms with Gasteiger partial charge in [-0.15, -0.1) is 11.3 Å². The van der Waals surface area contributed by atoms with E-state index in [1.807, 2.05) is 44.9 Å². The molecule has 4 nitrogen and oxygen atoms in total. The highest BCUT2D eigenvalue weighted by Gasteiger charge is 2.28. The molecular formula is C14H17ClN2O2S2. The Morgan fingerprint density at radius 2 is 2.05 bits per heavy atom. The molecule has 114 valence electrons. The van der Waals surface area contributed by atoms with Crippen LogP contribution in [-0.2, 0) is 12.0 Å². The predicted molar refractivity (Wildman–Crippen MR) is 89.2 cm³/mol. The highest BCUT2D eigenvalue weighted by Crippen LogP contribution is 2.34. The molecule has 0 spiro atoms. The van der Waals surface area contributed by atoms with Crippen molar-refractivity contribution in [2.75, 3.05) is 11.9 Å². The van der Waals surface area contributed by atoms with Crippen molar-refractivity contribution >= 4 is 45.4 Å². The fraction of sp³-hybridized carbons (Fsp3) is 0.429. The maximum absolute atomic E-state index is 11.4. The van der Waals surface area contributed by atoms with Crippen molar-refractivity contribution in [3.63, 3.8) is 0 Å². The number of aromatic carboxylic acids is 1. The second-order valence-corrected chi connectivity index (χ2v) is 8.57. The Bertz CT molecular complexity index is 658. The third-order valence-corrected chi connectivity index (χ3v) is 5.24. The highest BCUT2D eigenvalue weighted by atomic mass is 35.5. The number of carboxylic acid groups (broad SMARTS) is 1. The number of thiazole rings is 1. The summed E-state index contributed by atoms with van der Waals surface area (Å²) in [4.78, 5) is 19.3. The number of nitrogens with zero attached hydrogens (tertiary/aromatic N) is 2. The Balaban J connectivity index is 2.29. The Morgan fingerprint density at radius 3 is 2.48 bits per heavy atom. The fourth-order valence-corrected chi connectivity index (χ4v) is 4.08. The van der Waals surface area contributed by atoms with Crippen LogP contribution in [0.3, 0.4) is 0 Å². The van der Waals surface area contributed by atoms with Gasteiger partial charge in [-0.2, -0.15) is 0 Å². The molecular weight excluding hydrogens is 328 g/mol. The van der Waals surface area contributed by atoms with Crippen molar-refractivity contribution in [2.45, 2.75) is 32.7 Å². The summed E-state index contributed by atoms with van der Waals surface area (Å²) in [5.74, 6) is -0.920. The van der Waals surface area contributed by atoms with E-state index in [2.05, 4.69) is 4.98 Å². The molecule has 0 fully saturated rings. The van der Waals surface area contributed by atoms with E-state index in [4.69, 9.17) is 11.6 Å². The van der Waals surface area contributed by atoms with Crippen LogP contribution < -0.4 is 4.90 Å². The lowest BCUT2D eigenvalue weighted by Crippen LogP contribution is -2.18. The quantitative estimate of drug-likeness (QED) is 0.887. The van der Waals surface area contributed by atoms with Gasteiger partial charge in [-0.3, -0.25) is 0 Å². The van der Waals surface area contributed by atoms with Crippen LogP contribution in [0.25, 0.3) is 0 Å². The average molecular weight is 345 g/mol. The lowest BCUT2D eigenvalue weighted by Gasteiger charge is -2.17. The van der Waals surface area contributed by atoms with Crippen molar-refractivity contribution in [2.24, 2.45) is 0 Å². The van der Waals surface area contributed by atoms with E-state index < -0.39 is 5.97 Å². The SMILES string of the molecule is CN(Cc1ccc(Cl)s1)c1nc(C(C)(C)C)c(C(=O)O)s1. The zero-order chi connectivity index (χ0) is 15.8. The smallest absolute Gasteiger partial charge is 0.347 e. The number of hydrogen-bond acceptors (Lipinski definition) is 5. The van der Waals surface area contributed by atoms with Crippen LogP contribution in [0.2, 0.25) is 4.34 Å². The number of halogens is 1. The van der Waals surface area contributed by atoms with Gasteiger partial charge in [-0.1, -0.05) is 43.7 Å². The Morgan fingerprint density at radius 1 is 1.38 bits per heavy atom. The van der Waals surface area contributed by atoms with Gasteiger partial charge in [0.05, 0.1) is 16.6 Å². The molecule has 1 N–H and O–H groups in total. The van der Waals surface area contributed by atoms with Crippen LogP contribution >= 0.6 is 34.3 Å². The van der Waals surface area contributed by atoms with E-state index in [-0.39, 0.29) is 5.41 Å². The molecule has 2 rings (SSSR count). The molecule has 0 radical (unpaired) electrons. The van der Waals surface area contributed by atoms with Crippen molar-refractivity contribution < 1.29 is 9.90 Å². The Hall–Kier alpha value is -1.11. The van der Waals surface area contributed by atoms with Crippen molar-refractivity contribution in [3.05, 3.63) is 31.9 Å². The van der Waals surface area contributed by atoms with Gasteiger partial charge >= 0.3 is 5.97 Å². The molecule has 0 saturated carbocycles. The van der Waals surface area contributed by atoms with Gasteiger partial charge < -0.3 is 10.0 Å². The van der Waals surface area contributed by atoms with E-state index in [0.717, 1.165) is 9.21 Å². The van der Waals surface area contributed by atoms with E-state index in [9.17, 15) is 9.90 Å². The van der Waals surface area contributed by atoms with E-state index in [1.165, 1.54) is 22.7 Å². The summed E-state index contributed by atoms with van der Waals surface area (Å²) in [7, 11) is 1.91. The lowest BCUT2D eigenvalue weighted by atomic mass is 9.91. The zero-order valence-corrected chi connectivity index (χ0v) is 14.7. The third-order valence-electron chi connectivity index (χ3n) is 2.87. The zero-order valence-electron chi connectivity index (χ0n) is 12.3. The largest absolute Gasteiger partial charge is 0.477 e. The molecule has 7 heteroatoms. The summed E-state index contributed by atoms with van der Waals surface area (Å²) >= 11 is 8.66. The second-order valence-electron chi connectivity index (χ2n) is 5.79. The number of hydrogen-bond donors (Lipinski definition) is 1. The van der Waals surface area contributed by atoms with Gasteiger partial charge in [0.15, 0.2) is 5.13 Å². The van der Waals surface area contributed by atoms with Crippen LogP contribution in [0.5, 0.6) is 0 Å². The van der Waals surface area contributed by atoms with Gasteiger partial charge in [0, 0.05) is 17.3 Å². The number of thiophene rings is 1. The number of aromatic nitrogens is 1. The molecule has 21 heavy (non-hydrogen) atoms. The first-order valence-electron chi connectivity index (χ1n) is 6.38. The Labute approximate surface area is 137 Å². The van der Waals surface area contributed by atoms with E-state index in [1.54, 1.807) is 0 Å². The first kappa shape index (κ1) is 16.3.